The highest BCUT2D eigenvalue weighted by Gasteiger charge is 2.31. The third-order valence-electron chi connectivity index (χ3n) is 5.05. The number of nitrogens with two attached hydrogens (primary N) is 1. The van der Waals surface area contributed by atoms with Gasteiger partial charge in [-0.1, -0.05) is 50.6 Å². The topological polar surface area (TPSA) is 29.3 Å². The molecule has 112 valence electrons. The number of benzene rings is 1. The summed E-state index contributed by atoms with van der Waals surface area (Å²) in [5, 5.41) is 0. The molecule has 0 spiro atoms. The molecule has 20 heavy (non-hydrogen) atoms. The molecule has 2 nitrogen and oxygen atoms in total. The van der Waals surface area contributed by atoms with Gasteiger partial charge in [0.1, 0.15) is 0 Å². The van der Waals surface area contributed by atoms with E-state index in [1.165, 1.54) is 30.6 Å². The lowest BCUT2D eigenvalue weighted by atomic mass is 9.85. The molecule has 1 aliphatic heterocycles. The average molecular weight is 274 g/mol. The first kappa shape index (κ1) is 15.5. The van der Waals surface area contributed by atoms with Crippen LogP contribution in [0.3, 0.4) is 0 Å². The van der Waals surface area contributed by atoms with Gasteiger partial charge in [0, 0.05) is 18.6 Å². The maximum absolute atomic E-state index is 6.46. The molecule has 1 fully saturated rings. The number of nitrogens with zero attached hydrogens (tertiary/aromatic N) is 1. The molecule has 2 heteroatoms. The SMILES string of the molecule is CCC(N)C(c1ccc(C)cc1)N1CCC(C)C(C)C1. The van der Waals surface area contributed by atoms with Crippen LogP contribution in [0.15, 0.2) is 24.3 Å². The normalized spacial score (nSPS) is 27.2. The van der Waals surface area contributed by atoms with Gasteiger partial charge in [-0.25, -0.2) is 0 Å². The number of rotatable bonds is 4. The van der Waals surface area contributed by atoms with Gasteiger partial charge in [0.25, 0.3) is 0 Å². The summed E-state index contributed by atoms with van der Waals surface area (Å²) in [4.78, 5) is 2.61. The second-order valence-electron chi connectivity index (χ2n) is 6.67. The fourth-order valence-corrected chi connectivity index (χ4v) is 3.26. The second kappa shape index (κ2) is 6.73. The molecular weight excluding hydrogens is 244 g/mol. The third-order valence-corrected chi connectivity index (χ3v) is 5.05. The van der Waals surface area contributed by atoms with Crippen molar-refractivity contribution in [3.63, 3.8) is 0 Å². The van der Waals surface area contributed by atoms with Crippen LogP contribution in [-0.4, -0.2) is 24.0 Å². The van der Waals surface area contributed by atoms with E-state index in [0.29, 0.717) is 6.04 Å². The Bertz CT molecular complexity index is 412. The highest BCUT2D eigenvalue weighted by molar-refractivity contribution is 5.25. The molecule has 1 heterocycles. The van der Waals surface area contributed by atoms with E-state index < -0.39 is 0 Å². The van der Waals surface area contributed by atoms with E-state index >= 15 is 0 Å². The minimum atomic E-state index is 0.221. The predicted octanol–water partition coefficient (Wildman–Crippen LogP) is 3.75. The third kappa shape index (κ3) is 3.42. The van der Waals surface area contributed by atoms with Crippen molar-refractivity contribution in [2.45, 2.75) is 52.6 Å². The summed E-state index contributed by atoms with van der Waals surface area (Å²) in [5.41, 5.74) is 9.16. The molecule has 0 aromatic heterocycles. The Labute approximate surface area is 124 Å². The van der Waals surface area contributed by atoms with Gasteiger partial charge in [-0.05, 0) is 43.7 Å². The number of hydrogen-bond acceptors (Lipinski definition) is 2. The Morgan fingerprint density at radius 1 is 1.20 bits per heavy atom. The first-order valence-electron chi connectivity index (χ1n) is 8.09. The highest BCUT2D eigenvalue weighted by Crippen LogP contribution is 2.32. The quantitative estimate of drug-likeness (QED) is 0.906. The minimum Gasteiger partial charge on any atom is -0.326 e. The Balaban J connectivity index is 2.21. The lowest BCUT2D eigenvalue weighted by Crippen LogP contribution is -2.47. The largest absolute Gasteiger partial charge is 0.326 e. The van der Waals surface area contributed by atoms with Gasteiger partial charge in [0.15, 0.2) is 0 Å². The molecular formula is C18H30N2. The molecule has 1 aromatic carbocycles. The fourth-order valence-electron chi connectivity index (χ4n) is 3.26. The summed E-state index contributed by atoms with van der Waals surface area (Å²) in [6.45, 7) is 11.4. The first-order chi connectivity index (χ1) is 9.52. The van der Waals surface area contributed by atoms with E-state index in [-0.39, 0.29) is 6.04 Å². The molecule has 0 amide bonds. The van der Waals surface area contributed by atoms with Crippen molar-refractivity contribution < 1.29 is 0 Å². The van der Waals surface area contributed by atoms with Crippen LogP contribution in [0.1, 0.15) is 50.8 Å². The van der Waals surface area contributed by atoms with E-state index in [9.17, 15) is 0 Å². The summed E-state index contributed by atoms with van der Waals surface area (Å²) in [6, 6.07) is 9.53. The van der Waals surface area contributed by atoms with Gasteiger partial charge in [-0.2, -0.15) is 0 Å². The van der Waals surface area contributed by atoms with E-state index in [1.54, 1.807) is 0 Å². The van der Waals surface area contributed by atoms with Gasteiger partial charge < -0.3 is 5.73 Å². The van der Waals surface area contributed by atoms with Gasteiger partial charge in [0.2, 0.25) is 0 Å². The zero-order valence-corrected chi connectivity index (χ0v) is 13.5. The molecule has 1 saturated heterocycles. The van der Waals surface area contributed by atoms with Gasteiger partial charge in [-0.15, -0.1) is 0 Å². The Morgan fingerprint density at radius 2 is 1.85 bits per heavy atom. The van der Waals surface area contributed by atoms with Gasteiger partial charge >= 0.3 is 0 Å². The summed E-state index contributed by atoms with van der Waals surface area (Å²) < 4.78 is 0. The number of hydrogen-bond donors (Lipinski definition) is 1. The van der Waals surface area contributed by atoms with E-state index in [4.69, 9.17) is 5.73 Å². The predicted molar refractivity (Wildman–Crippen MR) is 86.7 cm³/mol. The van der Waals surface area contributed by atoms with E-state index in [0.717, 1.165) is 18.3 Å². The smallest absolute Gasteiger partial charge is 0.0499 e. The Kier molecular flexibility index (Phi) is 5.22. The van der Waals surface area contributed by atoms with Crippen LogP contribution < -0.4 is 5.73 Å². The van der Waals surface area contributed by atoms with Crippen molar-refractivity contribution in [3.8, 4) is 0 Å². The number of aryl methyl sites for hydroxylation is 1. The van der Waals surface area contributed by atoms with E-state index in [2.05, 4.69) is 56.9 Å². The van der Waals surface area contributed by atoms with Crippen LogP contribution in [0, 0.1) is 18.8 Å². The van der Waals surface area contributed by atoms with Crippen molar-refractivity contribution in [3.05, 3.63) is 35.4 Å². The van der Waals surface area contributed by atoms with Crippen LogP contribution in [0.2, 0.25) is 0 Å². The maximum Gasteiger partial charge on any atom is 0.0499 e. The van der Waals surface area contributed by atoms with Crippen LogP contribution in [0.25, 0.3) is 0 Å². The lowest BCUT2D eigenvalue weighted by Gasteiger charge is -2.42. The van der Waals surface area contributed by atoms with Crippen LogP contribution >= 0.6 is 0 Å². The molecule has 2 rings (SSSR count). The molecule has 0 aliphatic carbocycles. The molecule has 4 unspecified atom stereocenters. The van der Waals surface area contributed by atoms with Crippen molar-refractivity contribution in [1.82, 2.24) is 4.90 Å². The number of likely N-dealkylation sites (tertiary alicyclic amines) is 1. The summed E-state index contributed by atoms with van der Waals surface area (Å²) in [7, 11) is 0. The molecule has 0 radical (unpaired) electrons. The molecule has 0 saturated carbocycles. The molecule has 1 aromatic rings. The first-order valence-corrected chi connectivity index (χ1v) is 8.09. The van der Waals surface area contributed by atoms with Gasteiger partial charge in [-0.3, -0.25) is 4.90 Å². The Hall–Kier alpha value is -0.860. The molecule has 1 aliphatic rings. The zero-order valence-electron chi connectivity index (χ0n) is 13.5. The van der Waals surface area contributed by atoms with Crippen molar-refractivity contribution in [2.24, 2.45) is 17.6 Å². The fraction of sp³-hybridized carbons (Fsp3) is 0.667. The summed E-state index contributed by atoms with van der Waals surface area (Å²) >= 11 is 0. The minimum absolute atomic E-state index is 0.221. The lowest BCUT2D eigenvalue weighted by molar-refractivity contribution is 0.0816. The van der Waals surface area contributed by atoms with Crippen molar-refractivity contribution >= 4 is 0 Å². The number of piperidine rings is 1. The Morgan fingerprint density at radius 3 is 2.40 bits per heavy atom. The van der Waals surface area contributed by atoms with Crippen LogP contribution in [0.4, 0.5) is 0 Å². The molecule has 0 bridgehead atoms. The standard InChI is InChI=1S/C18H30N2/c1-5-17(19)18(16-8-6-13(2)7-9-16)20-11-10-14(3)15(4)12-20/h6-9,14-15,17-18H,5,10-12,19H2,1-4H3. The highest BCUT2D eigenvalue weighted by atomic mass is 15.2. The van der Waals surface area contributed by atoms with Crippen molar-refractivity contribution in [2.75, 3.05) is 13.1 Å². The summed E-state index contributed by atoms with van der Waals surface area (Å²) in [5.74, 6) is 1.60. The van der Waals surface area contributed by atoms with Crippen LogP contribution in [-0.2, 0) is 0 Å². The second-order valence-corrected chi connectivity index (χ2v) is 6.67. The maximum atomic E-state index is 6.46. The van der Waals surface area contributed by atoms with Crippen LogP contribution in [0.5, 0.6) is 0 Å². The van der Waals surface area contributed by atoms with Gasteiger partial charge in [0.05, 0.1) is 0 Å². The zero-order chi connectivity index (χ0) is 14.7. The molecule has 4 atom stereocenters. The van der Waals surface area contributed by atoms with Crippen molar-refractivity contribution in [1.29, 1.82) is 0 Å². The average Bonchev–Trinajstić information content (AvgIpc) is 2.45. The molecule has 2 N–H and O–H groups in total. The monoisotopic (exact) mass is 274 g/mol. The van der Waals surface area contributed by atoms with E-state index in [1.807, 2.05) is 0 Å². The summed E-state index contributed by atoms with van der Waals surface area (Å²) in [6.07, 6.45) is 2.32.